The van der Waals surface area contributed by atoms with Crippen LogP contribution in [0.2, 0.25) is 0 Å². The van der Waals surface area contributed by atoms with E-state index in [1.807, 2.05) is 90.5 Å². The molecule has 2 atom stereocenters. The van der Waals surface area contributed by atoms with Crippen molar-refractivity contribution < 1.29 is 31.8 Å². The van der Waals surface area contributed by atoms with Crippen LogP contribution in [0.1, 0.15) is 65.7 Å². The predicted molar refractivity (Wildman–Crippen MR) is 252 cm³/mol. The number of fused-ring (bicyclic) bond motifs is 2. The normalized spacial score (nSPS) is 14.6. The van der Waals surface area contributed by atoms with Gasteiger partial charge >= 0.3 is 45.0 Å². The van der Waals surface area contributed by atoms with Gasteiger partial charge < -0.3 is 19.4 Å². The van der Waals surface area contributed by atoms with Crippen LogP contribution in [0, 0.1) is 16.4 Å². The molecule has 4 aromatic heterocycles. The fraction of sp³-hybridized carbons (Fsp3) is 0.286. The average Bonchev–Trinajstić information content (AvgIpc) is 3.99. The van der Waals surface area contributed by atoms with Gasteiger partial charge in [-0.15, -0.1) is 0 Å². The van der Waals surface area contributed by atoms with E-state index in [9.17, 15) is 9.59 Å². The van der Waals surface area contributed by atoms with Crippen molar-refractivity contribution in [2.45, 2.75) is 52.0 Å². The van der Waals surface area contributed by atoms with Crippen molar-refractivity contribution in [1.82, 2.24) is 39.4 Å². The molecule has 12 nitrogen and oxygen atoms in total. The third-order valence-corrected chi connectivity index (χ3v) is 11.4. The Morgan fingerprint density at radius 1 is 0.831 bits per heavy atom. The van der Waals surface area contributed by atoms with Gasteiger partial charge in [0.25, 0.3) is 0 Å². The van der Waals surface area contributed by atoms with Crippen LogP contribution in [0.15, 0.2) is 100 Å². The van der Waals surface area contributed by atoms with Crippen molar-refractivity contribution in [2.75, 3.05) is 21.3 Å². The first-order valence-corrected chi connectivity index (χ1v) is 24.3. The van der Waals surface area contributed by atoms with Crippen LogP contribution in [-0.4, -0.2) is 73.3 Å². The molecule has 0 aliphatic heterocycles. The number of nitrogens with one attached hydrogen (secondary N) is 1. The van der Waals surface area contributed by atoms with Crippen molar-refractivity contribution in [3.05, 3.63) is 121 Å². The molecule has 17 heteroatoms. The van der Waals surface area contributed by atoms with Crippen LogP contribution in [0.5, 0.6) is 0 Å². The Balaban J connectivity index is 0.000000179. The molecule has 0 unspecified atom stereocenters. The summed E-state index contributed by atoms with van der Waals surface area (Å²) in [7, 11) is 4.79. The first-order valence-electron chi connectivity index (χ1n) is 18.6. The zero-order chi connectivity index (χ0) is 42.6. The molecule has 7 aromatic rings. The zero-order valence-electron chi connectivity index (χ0n) is 32.9. The Labute approximate surface area is 393 Å². The second-order valence-corrected chi connectivity index (χ2v) is 16.5. The van der Waals surface area contributed by atoms with Gasteiger partial charge in [-0.25, -0.2) is 28.9 Å². The van der Waals surface area contributed by atoms with Crippen LogP contribution in [0.3, 0.4) is 0 Å². The number of carbonyl (C=O) groups is 2. The molecule has 0 amide bonds. The number of hydrogen-bond acceptors (Lipinski definition) is 9. The third-order valence-electron chi connectivity index (χ3n) is 9.83. The molecule has 1 saturated carbocycles. The summed E-state index contributed by atoms with van der Waals surface area (Å²) in [5, 5.41) is 13.7. The molecule has 314 valence electrons. The SMILES string of the molecule is CC[C@H]1CCCC[C@@H]1NC.COC(=O)c1nn(-c2cccc(Br)c2)c2ccc(-n3cnc(C)c3)cc12.COC(=O)c1nn(-c2cccc(Br)c2)c2ncc(I)cc12.[Cu][I]. The number of pyridine rings is 1. The number of benzene rings is 3. The molecule has 0 bridgehead atoms. The van der Waals surface area contributed by atoms with Crippen molar-refractivity contribution in [1.29, 1.82) is 0 Å². The van der Waals surface area contributed by atoms with Gasteiger partial charge in [0, 0.05) is 42.0 Å². The van der Waals surface area contributed by atoms with Crippen molar-refractivity contribution in [2.24, 2.45) is 5.92 Å². The number of aryl methyl sites for hydroxylation is 1. The summed E-state index contributed by atoms with van der Waals surface area (Å²) in [6.07, 6.45) is 12.5. The van der Waals surface area contributed by atoms with E-state index in [0.717, 1.165) is 58.1 Å². The molecule has 3 aromatic carbocycles. The molecule has 1 aliphatic rings. The first-order chi connectivity index (χ1) is 28.5. The summed E-state index contributed by atoms with van der Waals surface area (Å²) < 4.78 is 17.8. The summed E-state index contributed by atoms with van der Waals surface area (Å²) in [4.78, 5) is 32.8. The van der Waals surface area contributed by atoms with E-state index in [2.05, 4.69) is 107 Å². The zero-order valence-corrected chi connectivity index (χ0v) is 41.4. The van der Waals surface area contributed by atoms with Crippen LogP contribution in [0.25, 0.3) is 39.0 Å². The average molecular weight is 1200 g/mol. The van der Waals surface area contributed by atoms with Crippen LogP contribution >= 0.6 is 74.8 Å². The Kier molecular flexibility index (Phi) is 17.9. The van der Waals surface area contributed by atoms with Gasteiger partial charge in [0.05, 0.1) is 48.5 Å². The molecule has 0 radical (unpaired) electrons. The molecular weight excluding hydrogens is 1160 g/mol. The van der Waals surface area contributed by atoms with Gasteiger partial charge in [-0.1, -0.05) is 70.2 Å². The fourth-order valence-electron chi connectivity index (χ4n) is 6.97. The maximum absolute atomic E-state index is 12.3. The molecule has 1 aliphatic carbocycles. The van der Waals surface area contributed by atoms with Crippen LogP contribution in [-0.2, 0) is 22.2 Å². The summed E-state index contributed by atoms with van der Waals surface area (Å²) in [5.41, 5.74) is 5.47. The van der Waals surface area contributed by atoms with Gasteiger partial charge in [-0.2, -0.15) is 10.2 Å². The number of imidazole rings is 1. The van der Waals surface area contributed by atoms with Crippen molar-refractivity contribution in [3.8, 4) is 17.1 Å². The molecule has 0 spiro atoms. The number of ether oxygens (including phenoxy) is 2. The van der Waals surface area contributed by atoms with Crippen molar-refractivity contribution >= 4 is 109 Å². The van der Waals surface area contributed by atoms with Crippen LogP contribution < -0.4 is 5.32 Å². The number of aromatic nitrogens is 7. The minimum absolute atomic E-state index is 0.262. The molecule has 59 heavy (non-hydrogen) atoms. The Morgan fingerprint density at radius 3 is 2.00 bits per heavy atom. The number of hydrogen-bond donors (Lipinski definition) is 1. The monoisotopic (exact) mass is 1200 g/mol. The van der Waals surface area contributed by atoms with E-state index in [4.69, 9.17) is 9.47 Å². The van der Waals surface area contributed by atoms with E-state index in [-0.39, 0.29) is 11.4 Å². The number of carbonyl (C=O) groups excluding carboxylic acids is 2. The van der Waals surface area contributed by atoms with E-state index in [1.54, 1.807) is 42.2 Å². The molecule has 0 saturated heterocycles. The molecule has 1 N–H and O–H groups in total. The number of halogens is 4. The Bertz CT molecular complexity index is 2520. The summed E-state index contributed by atoms with van der Waals surface area (Å²) in [5.74, 6) is 0.0130. The number of nitrogens with zero attached hydrogens (tertiary/aromatic N) is 7. The quantitative estimate of drug-likeness (QED) is 0.0942. The number of esters is 2. The minimum atomic E-state index is -0.474. The van der Waals surface area contributed by atoms with E-state index in [0.29, 0.717) is 11.0 Å². The molecule has 4 heterocycles. The van der Waals surface area contributed by atoms with E-state index >= 15 is 0 Å². The number of rotatable bonds is 7. The number of methoxy groups -OCH3 is 2. The maximum atomic E-state index is 12.3. The molecule has 8 rings (SSSR count). The van der Waals surface area contributed by atoms with E-state index < -0.39 is 11.9 Å². The van der Waals surface area contributed by atoms with Gasteiger partial charge in [-0.3, -0.25) is 0 Å². The van der Waals surface area contributed by atoms with Gasteiger partial charge in [0.2, 0.25) is 0 Å². The molecular formula is C42H43Br2CuI2N8O4. The van der Waals surface area contributed by atoms with Crippen molar-refractivity contribution in [3.63, 3.8) is 0 Å². The Morgan fingerprint density at radius 2 is 1.44 bits per heavy atom. The summed E-state index contributed by atoms with van der Waals surface area (Å²) in [6, 6.07) is 23.9. The van der Waals surface area contributed by atoms with Gasteiger partial charge in [0.15, 0.2) is 17.0 Å². The van der Waals surface area contributed by atoms with Gasteiger partial charge in [0.1, 0.15) is 0 Å². The third kappa shape index (κ3) is 11.6. The second-order valence-electron chi connectivity index (χ2n) is 13.5. The van der Waals surface area contributed by atoms with Crippen LogP contribution in [0.4, 0.5) is 0 Å². The predicted octanol–water partition coefficient (Wildman–Crippen LogP) is 10.7. The standard InChI is InChI=1S/C19H15BrN4O2.C14H9BrIN3O2.C9H19N.Cu.HI/c1-12-10-23(11-21-12)14-6-7-17-16(9-14)18(19(25)26-2)22-24(17)15-5-3-4-13(20)8-15;1-21-14(20)12-11-6-9(16)7-17-13(11)19(18-12)10-4-2-3-8(15)5-10;1-3-8-6-4-5-7-9(8)10-2;;/h3-11H,1-2H3;2-7H,1H3;8-10H,3-7H2,1-2H3;;1H/q;;;+1;/p-1/t;;8-,9-;;/m..0../s1. The summed E-state index contributed by atoms with van der Waals surface area (Å²) >= 11 is 14.9. The second kappa shape index (κ2) is 22.6. The summed E-state index contributed by atoms with van der Waals surface area (Å²) in [6.45, 7) is 4.24. The topological polar surface area (TPSA) is 131 Å². The Hall–Kier alpha value is -3.20. The fourth-order valence-corrected chi connectivity index (χ4v) is 8.19. The first kappa shape index (κ1) is 46.9. The van der Waals surface area contributed by atoms with E-state index in [1.165, 1.54) is 46.3 Å². The van der Waals surface area contributed by atoms with Gasteiger partial charge in [-0.05, 0) is 116 Å². The molecule has 1 fully saturated rings.